The molecule has 1 saturated heterocycles. The zero-order chi connectivity index (χ0) is 26.0. The maximum atomic E-state index is 5.50. The summed E-state index contributed by atoms with van der Waals surface area (Å²) in [7, 11) is 3.27. The van der Waals surface area contributed by atoms with Crippen molar-refractivity contribution >= 4 is 22.7 Å². The maximum absolute atomic E-state index is 5.50. The molecule has 0 radical (unpaired) electrons. The number of ether oxygens (including phenoxy) is 2. The number of aromatic nitrogens is 4. The van der Waals surface area contributed by atoms with E-state index in [4.69, 9.17) is 9.47 Å². The zero-order valence-corrected chi connectivity index (χ0v) is 22.2. The van der Waals surface area contributed by atoms with Gasteiger partial charge in [0.1, 0.15) is 12.1 Å². The normalized spacial score (nSPS) is 14.2. The third kappa shape index (κ3) is 5.28. The van der Waals surface area contributed by atoms with E-state index in [1.165, 1.54) is 11.1 Å². The number of rotatable bonds is 6. The summed E-state index contributed by atoms with van der Waals surface area (Å²) in [6.07, 6.45) is 6.33. The Morgan fingerprint density at radius 3 is 2.00 bits per heavy atom. The molecule has 37 heavy (non-hydrogen) atoms. The number of hydrogen-bond acceptors (Lipinski definition) is 8. The molecule has 0 saturated carbocycles. The lowest BCUT2D eigenvalue weighted by molar-refractivity contribution is 0.356. The number of nitrogens with zero attached hydrogens (tertiary/aromatic N) is 6. The first-order valence-corrected chi connectivity index (χ1v) is 12.6. The third-order valence-corrected chi connectivity index (χ3v) is 6.90. The van der Waals surface area contributed by atoms with Crippen molar-refractivity contribution in [3.8, 4) is 11.5 Å². The van der Waals surface area contributed by atoms with Crippen molar-refractivity contribution in [2.75, 3.05) is 50.2 Å². The van der Waals surface area contributed by atoms with Crippen LogP contribution in [-0.2, 0) is 11.8 Å². The lowest BCUT2D eigenvalue weighted by Crippen LogP contribution is -2.47. The summed E-state index contributed by atoms with van der Waals surface area (Å²) >= 11 is 0. The van der Waals surface area contributed by atoms with Gasteiger partial charge in [0.25, 0.3) is 0 Å². The van der Waals surface area contributed by atoms with Gasteiger partial charge in [-0.15, -0.1) is 0 Å². The summed E-state index contributed by atoms with van der Waals surface area (Å²) in [5, 5.41) is 0.949. The van der Waals surface area contributed by atoms with E-state index in [0.717, 1.165) is 60.8 Å². The SMILES string of the molecule is COc1cc2ncnc(N3CCN(c4ncc(Cc5ccc(C(C)(C)C)cc5)cn4)CC3)c2cc1OC. The fraction of sp³-hybridized carbons (Fsp3) is 0.379. The second kappa shape index (κ2) is 10.2. The number of methoxy groups -OCH3 is 2. The Hall–Kier alpha value is -3.94. The lowest BCUT2D eigenvalue weighted by atomic mass is 9.86. The summed E-state index contributed by atoms with van der Waals surface area (Å²) in [6, 6.07) is 12.7. The van der Waals surface area contributed by atoms with Gasteiger partial charge in [0.2, 0.25) is 5.95 Å². The van der Waals surface area contributed by atoms with Gasteiger partial charge in [-0.25, -0.2) is 19.9 Å². The largest absolute Gasteiger partial charge is 0.493 e. The van der Waals surface area contributed by atoms with Gasteiger partial charge in [-0.05, 0) is 28.2 Å². The van der Waals surface area contributed by atoms with Crippen LogP contribution in [0.5, 0.6) is 11.5 Å². The van der Waals surface area contributed by atoms with E-state index in [0.29, 0.717) is 11.5 Å². The maximum Gasteiger partial charge on any atom is 0.225 e. The van der Waals surface area contributed by atoms with Crippen LogP contribution in [-0.4, -0.2) is 60.3 Å². The smallest absolute Gasteiger partial charge is 0.225 e. The quantitative estimate of drug-likeness (QED) is 0.380. The summed E-state index contributed by atoms with van der Waals surface area (Å²) in [5.74, 6) is 3.00. The molecule has 3 heterocycles. The fourth-order valence-corrected chi connectivity index (χ4v) is 4.70. The molecule has 5 rings (SSSR count). The molecule has 192 valence electrons. The van der Waals surface area contributed by atoms with Crippen molar-refractivity contribution in [3.63, 3.8) is 0 Å². The van der Waals surface area contributed by atoms with E-state index in [2.05, 4.69) is 74.8 Å². The number of fused-ring (bicyclic) bond motifs is 1. The molecular weight excluding hydrogens is 464 g/mol. The van der Waals surface area contributed by atoms with Crippen molar-refractivity contribution in [3.05, 3.63) is 71.8 Å². The number of hydrogen-bond donors (Lipinski definition) is 0. The molecule has 0 unspecified atom stereocenters. The van der Waals surface area contributed by atoms with Crippen LogP contribution in [0.2, 0.25) is 0 Å². The summed E-state index contributed by atoms with van der Waals surface area (Å²) < 4.78 is 10.9. The first-order valence-electron chi connectivity index (χ1n) is 12.6. The van der Waals surface area contributed by atoms with Crippen LogP contribution in [0.25, 0.3) is 10.9 Å². The molecule has 1 aliphatic rings. The Morgan fingerprint density at radius 1 is 0.757 bits per heavy atom. The van der Waals surface area contributed by atoms with Crippen molar-refractivity contribution in [1.29, 1.82) is 0 Å². The van der Waals surface area contributed by atoms with Crippen LogP contribution in [0, 0.1) is 0 Å². The molecule has 8 nitrogen and oxygen atoms in total. The standard InChI is InChI=1S/C29H34N6O2/c1-29(2,3)22-8-6-20(7-9-22)14-21-17-30-28(31-18-21)35-12-10-34(11-13-35)27-23-15-25(36-4)26(37-5)16-24(23)32-19-33-27/h6-9,15-19H,10-14H2,1-5H3. The van der Waals surface area contributed by atoms with Gasteiger partial charge in [0.05, 0.1) is 19.7 Å². The number of anilines is 2. The molecule has 1 aliphatic heterocycles. The second-order valence-corrected chi connectivity index (χ2v) is 10.4. The lowest BCUT2D eigenvalue weighted by Gasteiger charge is -2.35. The first kappa shape index (κ1) is 24.7. The van der Waals surface area contributed by atoms with Crippen LogP contribution < -0.4 is 19.3 Å². The Bertz CT molecular complexity index is 1360. The molecule has 0 N–H and O–H groups in total. The van der Waals surface area contributed by atoms with Gasteiger partial charge in [-0.2, -0.15) is 0 Å². The second-order valence-electron chi connectivity index (χ2n) is 10.4. The molecule has 1 fully saturated rings. The van der Waals surface area contributed by atoms with Gasteiger partial charge in [0, 0.05) is 56.4 Å². The Labute approximate surface area is 218 Å². The Kier molecular flexibility index (Phi) is 6.82. The predicted molar refractivity (Wildman–Crippen MR) is 147 cm³/mol. The van der Waals surface area contributed by atoms with Gasteiger partial charge < -0.3 is 19.3 Å². The van der Waals surface area contributed by atoms with Gasteiger partial charge in [-0.1, -0.05) is 45.0 Å². The molecular formula is C29H34N6O2. The topological polar surface area (TPSA) is 76.5 Å². The molecule has 8 heteroatoms. The minimum Gasteiger partial charge on any atom is -0.493 e. The van der Waals surface area contributed by atoms with Gasteiger partial charge in [0.15, 0.2) is 11.5 Å². The molecule has 0 bridgehead atoms. The van der Waals surface area contributed by atoms with E-state index in [9.17, 15) is 0 Å². The summed E-state index contributed by atoms with van der Waals surface area (Å²) in [6.45, 7) is 9.95. The Balaban J connectivity index is 1.24. The van der Waals surface area contributed by atoms with Crippen LogP contribution in [0.4, 0.5) is 11.8 Å². The minimum atomic E-state index is 0.161. The van der Waals surface area contributed by atoms with Crippen molar-refractivity contribution in [2.45, 2.75) is 32.6 Å². The van der Waals surface area contributed by atoms with E-state index >= 15 is 0 Å². The third-order valence-electron chi connectivity index (χ3n) is 6.90. The van der Waals surface area contributed by atoms with Crippen molar-refractivity contribution < 1.29 is 9.47 Å². The molecule has 0 amide bonds. The average Bonchev–Trinajstić information content (AvgIpc) is 2.92. The number of piperazine rings is 1. The molecule has 0 atom stereocenters. The molecule has 2 aromatic carbocycles. The van der Waals surface area contributed by atoms with Crippen LogP contribution in [0.1, 0.15) is 37.5 Å². The van der Waals surface area contributed by atoms with E-state index in [1.54, 1.807) is 20.5 Å². The molecule has 0 aliphatic carbocycles. The summed E-state index contributed by atoms with van der Waals surface area (Å²) in [4.78, 5) is 22.9. The highest BCUT2D eigenvalue weighted by Crippen LogP contribution is 2.35. The van der Waals surface area contributed by atoms with Crippen molar-refractivity contribution in [1.82, 2.24) is 19.9 Å². The zero-order valence-electron chi connectivity index (χ0n) is 22.2. The van der Waals surface area contributed by atoms with Gasteiger partial charge in [-0.3, -0.25) is 0 Å². The highest BCUT2D eigenvalue weighted by Gasteiger charge is 2.22. The van der Waals surface area contributed by atoms with E-state index in [-0.39, 0.29) is 5.41 Å². The minimum absolute atomic E-state index is 0.161. The average molecular weight is 499 g/mol. The Morgan fingerprint density at radius 2 is 1.38 bits per heavy atom. The van der Waals surface area contributed by atoms with E-state index in [1.807, 2.05) is 24.5 Å². The number of benzene rings is 2. The van der Waals surface area contributed by atoms with E-state index < -0.39 is 0 Å². The fourth-order valence-electron chi connectivity index (χ4n) is 4.70. The molecule has 4 aromatic rings. The van der Waals surface area contributed by atoms with Crippen LogP contribution >= 0.6 is 0 Å². The molecule has 0 spiro atoms. The van der Waals surface area contributed by atoms with Gasteiger partial charge >= 0.3 is 0 Å². The summed E-state index contributed by atoms with van der Waals surface area (Å²) in [5.41, 5.74) is 4.72. The highest BCUT2D eigenvalue weighted by atomic mass is 16.5. The first-order chi connectivity index (χ1) is 17.9. The van der Waals surface area contributed by atoms with Crippen LogP contribution in [0.3, 0.4) is 0 Å². The predicted octanol–water partition coefficient (Wildman–Crippen LogP) is 4.65. The highest BCUT2D eigenvalue weighted by molar-refractivity contribution is 5.92. The monoisotopic (exact) mass is 498 g/mol. The molecule has 2 aromatic heterocycles. The van der Waals surface area contributed by atoms with Crippen molar-refractivity contribution in [2.24, 2.45) is 0 Å². The van der Waals surface area contributed by atoms with Crippen LogP contribution in [0.15, 0.2) is 55.1 Å².